The summed E-state index contributed by atoms with van der Waals surface area (Å²) in [6, 6.07) is 6.01. The third-order valence-electron chi connectivity index (χ3n) is 3.79. The second-order valence-electron chi connectivity index (χ2n) is 4.97. The Morgan fingerprint density at radius 3 is 2.79 bits per heavy atom. The molecule has 0 aliphatic heterocycles. The van der Waals surface area contributed by atoms with E-state index >= 15 is 0 Å². The van der Waals surface area contributed by atoms with Crippen molar-refractivity contribution in [2.45, 2.75) is 31.8 Å². The molecule has 0 heterocycles. The average molecular weight is 263 g/mol. The number of aliphatic hydroxyl groups is 1. The van der Waals surface area contributed by atoms with Crippen molar-refractivity contribution in [3.63, 3.8) is 0 Å². The van der Waals surface area contributed by atoms with Crippen LogP contribution in [0.15, 0.2) is 18.2 Å². The smallest absolute Gasteiger partial charge is 0.150 e. The van der Waals surface area contributed by atoms with E-state index in [1.54, 1.807) is 13.2 Å². The first-order valence-electron chi connectivity index (χ1n) is 6.75. The van der Waals surface area contributed by atoms with Gasteiger partial charge >= 0.3 is 0 Å². The lowest BCUT2D eigenvalue weighted by Gasteiger charge is -2.37. The first-order valence-corrected chi connectivity index (χ1v) is 6.75. The van der Waals surface area contributed by atoms with Gasteiger partial charge in [-0.2, -0.15) is 0 Å². The summed E-state index contributed by atoms with van der Waals surface area (Å²) < 4.78 is 5.35. The zero-order valence-electron chi connectivity index (χ0n) is 11.3. The highest BCUT2D eigenvalue weighted by Gasteiger charge is 2.25. The molecule has 0 radical (unpaired) electrons. The molecule has 19 heavy (non-hydrogen) atoms. The van der Waals surface area contributed by atoms with Crippen LogP contribution in [-0.4, -0.2) is 42.6 Å². The molecule has 0 atom stereocenters. The highest BCUT2D eigenvalue weighted by atomic mass is 16.5. The molecule has 1 aromatic rings. The van der Waals surface area contributed by atoms with Crippen LogP contribution in [0.4, 0.5) is 0 Å². The lowest BCUT2D eigenvalue weighted by Crippen LogP contribution is -2.41. The predicted molar refractivity (Wildman–Crippen MR) is 73.5 cm³/mol. The molecular weight excluding hydrogens is 242 g/mol. The van der Waals surface area contributed by atoms with E-state index in [2.05, 4.69) is 4.90 Å². The number of nitrogens with zero attached hydrogens (tertiary/aromatic N) is 1. The van der Waals surface area contributed by atoms with Crippen LogP contribution in [0.25, 0.3) is 0 Å². The zero-order chi connectivity index (χ0) is 13.7. The Morgan fingerprint density at radius 1 is 1.47 bits per heavy atom. The quantitative estimate of drug-likeness (QED) is 0.763. The van der Waals surface area contributed by atoms with Gasteiger partial charge in [-0.25, -0.2) is 0 Å². The summed E-state index contributed by atoms with van der Waals surface area (Å²) in [5.74, 6) is 0.799. The number of benzene rings is 1. The topological polar surface area (TPSA) is 49.8 Å². The van der Waals surface area contributed by atoms with Crippen LogP contribution in [0.1, 0.15) is 35.2 Å². The summed E-state index contributed by atoms with van der Waals surface area (Å²) in [6.45, 7) is 1.54. The summed E-state index contributed by atoms with van der Waals surface area (Å²) in [5, 5.41) is 9.18. The van der Waals surface area contributed by atoms with E-state index in [1.807, 2.05) is 12.1 Å². The van der Waals surface area contributed by atoms with E-state index in [4.69, 9.17) is 4.74 Å². The molecule has 1 aromatic carbocycles. The summed E-state index contributed by atoms with van der Waals surface area (Å²) in [6.07, 6.45) is 4.49. The average Bonchev–Trinajstić information content (AvgIpc) is 2.37. The number of hydrogen-bond donors (Lipinski definition) is 1. The molecule has 0 saturated heterocycles. The van der Waals surface area contributed by atoms with E-state index < -0.39 is 0 Å². The van der Waals surface area contributed by atoms with Crippen LogP contribution in [-0.2, 0) is 6.54 Å². The fraction of sp³-hybridized carbons (Fsp3) is 0.533. The second kappa shape index (κ2) is 6.68. The maximum atomic E-state index is 10.9. The molecule has 0 amide bonds. The number of rotatable bonds is 7. The highest BCUT2D eigenvalue weighted by molar-refractivity contribution is 5.75. The first kappa shape index (κ1) is 14.0. The van der Waals surface area contributed by atoms with Crippen LogP contribution >= 0.6 is 0 Å². The van der Waals surface area contributed by atoms with Gasteiger partial charge in [0.1, 0.15) is 12.0 Å². The molecule has 0 aromatic heterocycles. The van der Waals surface area contributed by atoms with Gasteiger partial charge in [-0.05, 0) is 31.0 Å². The highest BCUT2D eigenvalue weighted by Crippen LogP contribution is 2.28. The minimum absolute atomic E-state index is 0.159. The largest absolute Gasteiger partial charge is 0.496 e. The molecule has 1 aliphatic rings. The zero-order valence-corrected chi connectivity index (χ0v) is 11.3. The Balaban J connectivity index is 2.16. The van der Waals surface area contributed by atoms with Gasteiger partial charge in [-0.3, -0.25) is 9.69 Å². The molecule has 2 rings (SSSR count). The lowest BCUT2D eigenvalue weighted by atomic mass is 9.91. The van der Waals surface area contributed by atoms with E-state index in [0.717, 1.165) is 24.1 Å². The third kappa shape index (κ3) is 3.33. The molecular formula is C15H21NO3. The van der Waals surface area contributed by atoms with Gasteiger partial charge < -0.3 is 9.84 Å². The molecule has 0 spiro atoms. The Labute approximate surface area is 114 Å². The molecule has 4 nitrogen and oxygen atoms in total. The Morgan fingerprint density at radius 2 is 2.26 bits per heavy atom. The molecule has 104 valence electrons. The number of hydrogen-bond acceptors (Lipinski definition) is 4. The first-order chi connectivity index (χ1) is 9.28. The number of aldehydes is 1. The normalized spacial score (nSPS) is 15.3. The molecule has 1 saturated carbocycles. The van der Waals surface area contributed by atoms with Crippen molar-refractivity contribution in [1.82, 2.24) is 4.90 Å². The third-order valence-corrected chi connectivity index (χ3v) is 3.79. The standard InChI is InChI=1S/C15H21NO3/c1-19-15-6-5-12(11-18)9-13(15)10-16(7-8-17)14-3-2-4-14/h5-6,9,11,14,17H,2-4,7-8,10H2,1H3. The van der Waals surface area contributed by atoms with Crippen LogP contribution in [0.2, 0.25) is 0 Å². The van der Waals surface area contributed by atoms with Crippen LogP contribution in [0.3, 0.4) is 0 Å². The van der Waals surface area contributed by atoms with E-state index in [0.29, 0.717) is 18.2 Å². The van der Waals surface area contributed by atoms with Gasteiger partial charge in [0.25, 0.3) is 0 Å². The number of carbonyl (C=O) groups is 1. The van der Waals surface area contributed by atoms with Crippen molar-refractivity contribution >= 4 is 6.29 Å². The van der Waals surface area contributed by atoms with E-state index in [1.165, 1.54) is 19.3 Å². The molecule has 1 fully saturated rings. The minimum Gasteiger partial charge on any atom is -0.496 e. The summed E-state index contributed by atoms with van der Waals surface area (Å²) in [4.78, 5) is 13.2. The van der Waals surface area contributed by atoms with Gasteiger partial charge in [0.05, 0.1) is 13.7 Å². The monoisotopic (exact) mass is 263 g/mol. The number of carbonyl (C=O) groups excluding carboxylic acids is 1. The van der Waals surface area contributed by atoms with E-state index in [-0.39, 0.29) is 6.61 Å². The maximum absolute atomic E-state index is 10.9. The summed E-state index contributed by atoms with van der Waals surface area (Å²) in [7, 11) is 1.64. The van der Waals surface area contributed by atoms with Crippen LogP contribution in [0.5, 0.6) is 5.75 Å². The van der Waals surface area contributed by atoms with Crippen LogP contribution < -0.4 is 4.74 Å². The van der Waals surface area contributed by atoms with Crippen molar-refractivity contribution in [1.29, 1.82) is 0 Å². The fourth-order valence-electron chi connectivity index (χ4n) is 2.49. The van der Waals surface area contributed by atoms with Crippen molar-refractivity contribution in [3.8, 4) is 5.75 Å². The van der Waals surface area contributed by atoms with Gasteiger partial charge in [0.2, 0.25) is 0 Å². The van der Waals surface area contributed by atoms with Crippen molar-refractivity contribution in [2.75, 3.05) is 20.3 Å². The van der Waals surface area contributed by atoms with Crippen LogP contribution in [0, 0.1) is 0 Å². The molecule has 1 aliphatic carbocycles. The van der Waals surface area contributed by atoms with Gasteiger partial charge in [0.15, 0.2) is 0 Å². The Hall–Kier alpha value is -1.39. The maximum Gasteiger partial charge on any atom is 0.150 e. The molecule has 4 heteroatoms. The number of methoxy groups -OCH3 is 1. The summed E-state index contributed by atoms with van der Waals surface area (Å²) >= 11 is 0. The van der Waals surface area contributed by atoms with E-state index in [9.17, 15) is 9.90 Å². The fourth-order valence-corrected chi connectivity index (χ4v) is 2.49. The molecule has 0 bridgehead atoms. The SMILES string of the molecule is COc1ccc(C=O)cc1CN(CCO)C1CCC1. The summed E-state index contributed by atoms with van der Waals surface area (Å²) in [5.41, 5.74) is 1.67. The molecule has 0 unspecified atom stereocenters. The second-order valence-corrected chi connectivity index (χ2v) is 4.97. The van der Waals surface area contributed by atoms with Crippen molar-refractivity contribution < 1.29 is 14.6 Å². The Kier molecular flexibility index (Phi) is 4.93. The van der Waals surface area contributed by atoms with Gasteiger partial charge in [-0.1, -0.05) is 6.42 Å². The lowest BCUT2D eigenvalue weighted by molar-refractivity contribution is 0.0936. The van der Waals surface area contributed by atoms with Gasteiger partial charge in [-0.15, -0.1) is 0 Å². The molecule has 1 N–H and O–H groups in total. The van der Waals surface area contributed by atoms with Gasteiger partial charge in [0, 0.05) is 30.3 Å². The van der Waals surface area contributed by atoms with Crippen molar-refractivity contribution in [3.05, 3.63) is 29.3 Å². The Bertz CT molecular complexity index is 429. The predicted octanol–water partition coefficient (Wildman–Crippen LogP) is 1.85. The minimum atomic E-state index is 0.159. The number of aliphatic hydroxyl groups excluding tert-OH is 1. The number of ether oxygens (including phenoxy) is 1. The van der Waals surface area contributed by atoms with Crippen molar-refractivity contribution in [2.24, 2.45) is 0 Å².